The van der Waals surface area contributed by atoms with Crippen molar-refractivity contribution < 1.29 is 14.7 Å². The molecule has 0 aromatic heterocycles. The molecule has 0 radical (unpaired) electrons. The Bertz CT molecular complexity index is 640. The Morgan fingerprint density at radius 3 is 2.57 bits per heavy atom. The molecule has 2 aliphatic carbocycles. The Morgan fingerprint density at radius 2 is 1.90 bits per heavy atom. The number of aliphatic carboxylic acids is 1. The first-order valence-corrected chi connectivity index (χ1v) is 7.75. The summed E-state index contributed by atoms with van der Waals surface area (Å²) in [5, 5.41) is 12.3. The molecule has 4 atom stereocenters. The first-order valence-electron chi connectivity index (χ1n) is 6.95. The number of fused-ring (bicyclic) bond motifs is 2. The van der Waals surface area contributed by atoms with E-state index in [1.807, 2.05) is 37.3 Å². The van der Waals surface area contributed by atoms with Crippen LogP contribution in [-0.4, -0.2) is 17.0 Å². The number of rotatable bonds is 3. The van der Waals surface area contributed by atoms with Crippen LogP contribution in [0.25, 0.3) is 0 Å². The number of hydrogen-bond donors (Lipinski definition) is 2. The van der Waals surface area contributed by atoms with Gasteiger partial charge in [-0.05, 0) is 58.8 Å². The van der Waals surface area contributed by atoms with Crippen LogP contribution in [-0.2, 0) is 9.59 Å². The number of amides is 1. The monoisotopic (exact) mass is 349 g/mol. The van der Waals surface area contributed by atoms with Gasteiger partial charge in [0.15, 0.2) is 0 Å². The normalized spacial score (nSPS) is 29.6. The van der Waals surface area contributed by atoms with Gasteiger partial charge >= 0.3 is 5.97 Å². The topological polar surface area (TPSA) is 66.4 Å². The van der Waals surface area contributed by atoms with Gasteiger partial charge in [-0.15, -0.1) is 0 Å². The van der Waals surface area contributed by atoms with Crippen molar-refractivity contribution in [3.05, 3.63) is 40.4 Å². The molecule has 1 aromatic carbocycles. The SMILES string of the molecule is Cc1ccc(Br)c(NC(=O)[C@H]2C3C=CC(C3)[C@H]2C(=O)O)c1. The predicted octanol–water partition coefficient (Wildman–Crippen LogP) is 3.22. The quantitative estimate of drug-likeness (QED) is 0.823. The lowest BCUT2D eigenvalue weighted by molar-refractivity contribution is -0.146. The summed E-state index contributed by atoms with van der Waals surface area (Å²) in [6.45, 7) is 1.95. The minimum Gasteiger partial charge on any atom is -0.481 e. The molecule has 1 aromatic rings. The van der Waals surface area contributed by atoms with E-state index in [2.05, 4.69) is 21.2 Å². The standard InChI is InChI=1S/C16H16BrNO3/c1-8-2-5-11(17)12(6-8)18-15(19)13-9-3-4-10(7-9)14(13)16(20)21/h2-6,9-10,13-14H,7H2,1H3,(H,18,19)(H,20,21)/t9?,10?,13-,14+/m0/s1. The summed E-state index contributed by atoms with van der Waals surface area (Å²) in [6, 6.07) is 5.70. The van der Waals surface area contributed by atoms with Crippen LogP contribution in [0.3, 0.4) is 0 Å². The van der Waals surface area contributed by atoms with Gasteiger partial charge in [0, 0.05) is 4.47 Å². The molecule has 0 aliphatic heterocycles. The van der Waals surface area contributed by atoms with Gasteiger partial charge in [-0.2, -0.15) is 0 Å². The van der Waals surface area contributed by atoms with Crippen molar-refractivity contribution >= 4 is 33.5 Å². The van der Waals surface area contributed by atoms with Gasteiger partial charge in [0.2, 0.25) is 5.91 Å². The second-order valence-corrected chi connectivity index (χ2v) is 6.67. The number of carboxylic acids is 1. The molecule has 2 N–H and O–H groups in total. The van der Waals surface area contributed by atoms with Crippen LogP contribution in [0, 0.1) is 30.6 Å². The van der Waals surface area contributed by atoms with Gasteiger partial charge in [-0.25, -0.2) is 0 Å². The van der Waals surface area contributed by atoms with Crippen LogP contribution < -0.4 is 5.32 Å². The number of anilines is 1. The Balaban J connectivity index is 1.83. The van der Waals surface area contributed by atoms with Crippen LogP contribution in [0.4, 0.5) is 5.69 Å². The Morgan fingerprint density at radius 1 is 1.24 bits per heavy atom. The molecule has 21 heavy (non-hydrogen) atoms. The summed E-state index contributed by atoms with van der Waals surface area (Å²) >= 11 is 3.41. The number of halogens is 1. The molecule has 0 saturated heterocycles. The van der Waals surface area contributed by atoms with Gasteiger partial charge in [-0.1, -0.05) is 18.2 Å². The molecule has 5 heteroatoms. The van der Waals surface area contributed by atoms with Crippen LogP contribution in [0.15, 0.2) is 34.8 Å². The summed E-state index contributed by atoms with van der Waals surface area (Å²) in [6.07, 6.45) is 4.69. The minimum absolute atomic E-state index is 0.01000. The zero-order chi connectivity index (χ0) is 15.1. The minimum atomic E-state index is -0.879. The lowest BCUT2D eigenvalue weighted by Crippen LogP contribution is -2.36. The fourth-order valence-electron chi connectivity index (χ4n) is 3.47. The first kappa shape index (κ1) is 14.3. The summed E-state index contributed by atoms with van der Waals surface area (Å²) in [4.78, 5) is 24.0. The van der Waals surface area contributed by atoms with Crippen molar-refractivity contribution in [2.45, 2.75) is 13.3 Å². The maximum absolute atomic E-state index is 12.6. The van der Waals surface area contributed by atoms with Crippen molar-refractivity contribution in [2.24, 2.45) is 23.7 Å². The molecular weight excluding hydrogens is 334 g/mol. The van der Waals surface area contributed by atoms with Crippen molar-refractivity contribution in [1.29, 1.82) is 0 Å². The largest absolute Gasteiger partial charge is 0.481 e. The maximum atomic E-state index is 12.6. The van der Waals surface area contributed by atoms with Gasteiger partial charge in [-0.3, -0.25) is 9.59 Å². The maximum Gasteiger partial charge on any atom is 0.307 e. The van der Waals surface area contributed by atoms with E-state index in [1.54, 1.807) is 0 Å². The van der Waals surface area contributed by atoms with Crippen molar-refractivity contribution in [2.75, 3.05) is 5.32 Å². The van der Waals surface area contributed by atoms with Crippen molar-refractivity contribution in [1.82, 2.24) is 0 Å². The van der Waals surface area contributed by atoms with Crippen LogP contribution in [0.5, 0.6) is 0 Å². The molecule has 1 fully saturated rings. The number of carbonyl (C=O) groups is 2. The summed E-state index contributed by atoms with van der Waals surface area (Å²) in [5.74, 6) is -2.14. The Labute approximate surface area is 131 Å². The highest BCUT2D eigenvalue weighted by Crippen LogP contribution is 2.48. The van der Waals surface area contributed by atoms with Gasteiger partial charge in [0.25, 0.3) is 0 Å². The summed E-state index contributed by atoms with van der Waals surface area (Å²) in [5.41, 5.74) is 1.73. The molecule has 110 valence electrons. The fraction of sp³-hybridized carbons (Fsp3) is 0.375. The van der Waals surface area contributed by atoms with Crippen molar-refractivity contribution in [3.63, 3.8) is 0 Å². The number of benzene rings is 1. The third-order valence-electron chi connectivity index (χ3n) is 4.43. The second kappa shape index (κ2) is 5.30. The molecule has 1 amide bonds. The average molecular weight is 350 g/mol. The highest BCUT2D eigenvalue weighted by atomic mass is 79.9. The number of hydrogen-bond acceptors (Lipinski definition) is 2. The van der Waals surface area contributed by atoms with E-state index in [0.717, 1.165) is 16.5 Å². The Kier molecular flexibility index (Phi) is 3.61. The average Bonchev–Trinajstić information content (AvgIpc) is 3.03. The fourth-order valence-corrected chi connectivity index (χ4v) is 3.81. The number of nitrogens with one attached hydrogen (secondary N) is 1. The van der Waals surface area contributed by atoms with Crippen LogP contribution in [0.1, 0.15) is 12.0 Å². The van der Waals surface area contributed by atoms with E-state index in [4.69, 9.17) is 0 Å². The van der Waals surface area contributed by atoms with Crippen LogP contribution in [0.2, 0.25) is 0 Å². The molecule has 1 saturated carbocycles. The lowest BCUT2D eigenvalue weighted by Gasteiger charge is -2.24. The molecule has 0 heterocycles. The highest BCUT2D eigenvalue weighted by molar-refractivity contribution is 9.10. The summed E-state index contributed by atoms with van der Waals surface area (Å²) in [7, 11) is 0. The smallest absolute Gasteiger partial charge is 0.307 e. The molecule has 2 unspecified atom stereocenters. The number of aryl methyl sites for hydroxylation is 1. The zero-order valence-electron chi connectivity index (χ0n) is 11.5. The van der Waals surface area contributed by atoms with E-state index in [1.165, 1.54) is 0 Å². The second-order valence-electron chi connectivity index (χ2n) is 5.81. The van der Waals surface area contributed by atoms with Crippen molar-refractivity contribution in [3.8, 4) is 0 Å². The van der Waals surface area contributed by atoms with E-state index >= 15 is 0 Å². The molecule has 4 nitrogen and oxygen atoms in total. The predicted molar refractivity (Wildman–Crippen MR) is 82.9 cm³/mol. The van der Waals surface area contributed by atoms with E-state index in [0.29, 0.717) is 5.69 Å². The van der Waals surface area contributed by atoms with Gasteiger partial charge in [0.1, 0.15) is 0 Å². The third-order valence-corrected chi connectivity index (χ3v) is 5.12. The first-order chi connectivity index (χ1) is 9.97. The summed E-state index contributed by atoms with van der Waals surface area (Å²) < 4.78 is 0.798. The van der Waals surface area contributed by atoms with E-state index in [-0.39, 0.29) is 17.7 Å². The molecule has 3 rings (SSSR count). The highest BCUT2D eigenvalue weighted by Gasteiger charge is 2.51. The third kappa shape index (κ3) is 2.50. The van der Waals surface area contributed by atoms with Crippen LogP contribution >= 0.6 is 15.9 Å². The molecular formula is C16H16BrNO3. The van der Waals surface area contributed by atoms with E-state index < -0.39 is 17.8 Å². The molecule has 2 bridgehead atoms. The number of allylic oxidation sites excluding steroid dienone is 2. The zero-order valence-corrected chi connectivity index (χ0v) is 13.1. The van der Waals surface area contributed by atoms with Gasteiger partial charge < -0.3 is 10.4 Å². The lowest BCUT2D eigenvalue weighted by atomic mass is 9.82. The van der Waals surface area contributed by atoms with Gasteiger partial charge in [0.05, 0.1) is 17.5 Å². The number of carbonyl (C=O) groups excluding carboxylic acids is 1. The van der Waals surface area contributed by atoms with E-state index in [9.17, 15) is 14.7 Å². The Hall–Kier alpha value is -1.62. The number of carboxylic acid groups (broad SMARTS) is 1. The molecule has 2 aliphatic rings. The molecule has 0 spiro atoms.